The number of piperidine rings is 1. The van der Waals surface area contributed by atoms with Crippen molar-refractivity contribution in [3.63, 3.8) is 0 Å². The second kappa shape index (κ2) is 7.42. The fourth-order valence-electron chi connectivity index (χ4n) is 2.53. The number of thiophene rings is 1. The minimum Gasteiger partial charge on any atom is -0.469 e. The number of primary amides is 1. The Morgan fingerprint density at radius 3 is 2.76 bits per heavy atom. The van der Waals surface area contributed by atoms with Gasteiger partial charge in [0.05, 0.1) is 19.6 Å². The maximum Gasteiger partial charge on any atom is 0.314 e. The number of ether oxygens (including phenoxy) is 1. The smallest absolute Gasteiger partial charge is 0.314 e. The number of amides is 2. The van der Waals surface area contributed by atoms with Crippen LogP contribution in [0.1, 0.15) is 30.2 Å². The summed E-state index contributed by atoms with van der Waals surface area (Å²) in [5.74, 6) is -0.226. The van der Waals surface area contributed by atoms with Gasteiger partial charge in [0.1, 0.15) is 0 Å². The molecular weight excluding hydrogens is 290 g/mol. The molecule has 1 aromatic rings. The summed E-state index contributed by atoms with van der Waals surface area (Å²) in [5.41, 5.74) is 5.28. The summed E-state index contributed by atoms with van der Waals surface area (Å²) in [6.07, 6.45) is 1.99. The summed E-state index contributed by atoms with van der Waals surface area (Å²) < 4.78 is 4.77. The zero-order chi connectivity index (χ0) is 15.2. The zero-order valence-electron chi connectivity index (χ0n) is 12.1. The van der Waals surface area contributed by atoms with Gasteiger partial charge < -0.3 is 20.7 Å². The molecule has 1 fully saturated rings. The predicted molar refractivity (Wildman–Crippen MR) is 81.0 cm³/mol. The molecular formula is C14H21N3O3S. The summed E-state index contributed by atoms with van der Waals surface area (Å²) >= 11 is 1.62. The summed E-state index contributed by atoms with van der Waals surface area (Å²) in [7, 11) is 1.40. The number of methoxy groups -OCH3 is 1. The zero-order valence-corrected chi connectivity index (χ0v) is 12.9. The van der Waals surface area contributed by atoms with Crippen molar-refractivity contribution < 1.29 is 14.3 Å². The molecule has 6 nitrogen and oxygen atoms in total. The Balaban J connectivity index is 1.93. The van der Waals surface area contributed by atoms with Crippen LogP contribution in [0.3, 0.4) is 0 Å². The normalized spacial score (nSPS) is 17.5. The van der Waals surface area contributed by atoms with Crippen molar-refractivity contribution in [1.29, 1.82) is 0 Å². The van der Waals surface area contributed by atoms with Crippen molar-refractivity contribution >= 4 is 23.3 Å². The number of carbonyl (C=O) groups excluding carboxylic acids is 2. The van der Waals surface area contributed by atoms with Crippen LogP contribution >= 0.6 is 11.3 Å². The van der Waals surface area contributed by atoms with Gasteiger partial charge in [-0.05, 0) is 24.3 Å². The lowest BCUT2D eigenvalue weighted by Crippen LogP contribution is -2.47. The standard InChI is InChI=1S/C14H21N3O3S/c1-20-13(18)9-11(12-3-2-8-21-12)16-10-4-6-17(7-5-10)14(15)19/h2-3,8,10-11,16H,4-7,9H2,1H3,(H2,15,19). The Labute approximate surface area is 128 Å². The first-order valence-corrected chi connectivity index (χ1v) is 7.88. The highest BCUT2D eigenvalue weighted by molar-refractivity contribution is 7.10. The van der Waals surface area contributed by atoms with Crippen LogP contribution in [-0.4, -0.2) is 43.1 Å². The van der Waals surface area contributed by atoms with Crippen LogP contribution < -0.4 is 11.1 Å². The average Bonchev–Trinajstić information content (AvgIpc) is 3.01. The van der Waals surface area contributed by atoms with E-state index >= 15 is 0 Å². The Kier molecular flexibility index (Phi) is 5.58. The van der Waals surface area contributed by atoms with E-state index in [2.05, 4.69) is 5.32 Å². The SMILES string of the molecule is COC(=O)CC(NC1CCN(C(N)=O)CC1)c1cccs1. The molecule has 1 aliphatic rings. The van der Waals surface area contributed by atoms with Gasteiger partial charge in [-0.25, -0.2) is 4.79 Å². The number of urea groups is 1. The molecule has 1 unspecified atom stereocenters. The summed E-state index contributed by atoms with van der Waals surface area (Å²) in [4.78, 5) is 25.5. The Morgan fingerprint density at radius 1 is 1.52 bits per heavy atom. The van der Waals surface area contributed by atoms with E-state index in [1.54, 1.807) is 16.2 Å². The van der Waals surface area contributed by atoms with Crippen molar-refractivity contribution in [3.8, 4) is 0 Å². The molecule has 1 aliphatic heterocycles. The van der Waals surface area contributed by atoms with Crippen LogP contribution in [0.2, 0.25) is 0 Å². The molecule has 1 atom stereocenters. The van der Waals surface area contributed by atoms with Gasteiger partial charge in [0.15, 0.2) is 0 Å². The van der Waals surface area contributed by atoms with Crippen LogP contribution in [0, 0.1) is 0 Å². The lowest BCUT2D eigenvalue weighted by Gasteiger charge is -2.33. The molecule has 2 heterocycles. The van der Waals surface area contributed by atoms with E-state index in [-0.39, 0.29) is 24.1 Å². The van der Waals surface area contributed by atoms with E-state index in [0.717, 1.165) is 17.7 Å². The number of esters is 1. The monoisotopic (exact) mass is 311 g/mol. The van der Waals surface area contributed by atoms with Gasteiger partial charge >= 0.3 is 12.0 Å². The van der Waals surface area contributed by atoms with E-state index in [4.69, 9.17) is 10.5 Å². The lowest BCUT2D eigenvalue weighted by atomic mass is 10.0. The third kappa shape index (κ3) is 4.44. The van der Waals surface area contributed by atoms with Gasteiger partial charge in [-0.1, -0.05) is 6.07 Å². The molecule has 3 N–H and O–H groups in total. The maximum atomic E-state index is 11.6. The van der Waals surface area contributed by atoms with Crippen LogP contribution in [0.15, 0.2) is 17.5 Å². The number of nitrogens with zero attached hydrogens (tertiary/aromatic N) is 1. The number of hydrogen-bond acceptors (Lipinski definition) is 5. The highest BCUT2D eigenvalue weighted by Crippen LogP contribution is 2.24. The minimum absolute atomic E-state index is 0.0393. The van der Waals surface area contributed by atoms with E-state index < -0.39 is 0 Å². The molecule has 2 amide bonds. The summed E-state index contributed by atoms with van der Waals surface area (Å²) in [6, 6.07) is 3.86. The van der Waals surface area contributed by atoms with Crippen molar-refractivity contribution in [1.82, 2.24) is 10.2 Å². The number of nitrogens with one attached hydrogen (secondary N) is 1. The second-order valence-electron chi connectivity index (χ2n) is 5.11. The third-order valence-corrected chi connectivity index (χ3v) is 4.71. The third-order valence-electron chi connectivity index (χ3n) is 3.73. The molecule has 0 bridgehead atoms. The highest BCUT2D eigenvalue weighted by atomic mass is 32.1. The number of likely N-dealkylation sites (tertiary alicyclic amines) is 1. The first kappa shape index (κ1) is 15.8. The molecule has 0 radical (unpaired) electrons. The Hall–Kier alpha value is -1.60. The van der Waals surface area contributed by atoms with Crippen molar-refractivity contribution in [2.75, 3.05) is 20.2 Å². The molecule has 116 valence electrons. The van der Waals surface area contributed by atoms with E-state index in [0.29, 0.717) is 19.5 Å². The summed E-state index contributed by atoms with van der Waals surface area (Å²) in [5, 5.41) is 5.51. The molecule has 0 saturated carbocycles. The first-order valence-electron chi connectivity index (χ1n) is 7.00. The fourth-order valence-corrected chi connectivity index (χ4v) is 3.32. The lowest BCUT2D eigenvalue weighted by molar-refractivity contribution is -0.141. The van der Waals surface area contributed by atoms with Crippen LogP contribution in [0.5, 0.6) is 0 Å². The molecule has 7 heteroatoms. The Morgan fingerprint density at radius 2 is 2.24 bits per heavy atom. The topological polar surface area (TPSA) is 84.7 Å². The molecule has 0 spiro atoms. The molecule has 0 aliphatic carbocycles. The fraction of sp³-hybridized carbons (Fsp3) is 0.571. The van der Waals surface area contributed by atoms with Gasteiger partial charge in [-0.3, -0.25) is 4.79 Å². The van der Waals surface area contributed by atoms with Gasteiger partial charge in [-0.2, -0.15) is 0 Å². The molecule has 2 rings (SSSR count). The van der Waals surface area contributed by atoms with Crippen LogP contribution in [-0.2, 0) is 9.53 Å². The van der Waals surface area contributed by atoms with Crippen molar-refractivity contribution in [2.24, 2.45) is 5.73 Å². The van der Waals surface area contributed by atoms with E-state index in [1.165, 1.54) is 7.11 Å². The number of nitrogens with two attached hydrogens (primary N) is 1. The quantitative estimate of drug-likeness (QED) is 0.807. The van der Waals surface area contributed by atoms with Gasteiger partial charge in [0.25, 0.3) is 0 Å². The largest absolute Gasteiger partial charge is 0.469 e. The Bertz CT molecular complexity index is 470. The molecule has 0 aromatic carbocycles. The van der Waals surface area contributed by atoms with Crippen molar-refractivity contribution in [2.45, 2.75) is 31.3 Å². The molecule has 1 aromatic heterocycles. The summed E-state index contributed by atoms with van der Waals surface area (Å²) in [6.45, 7) is 1.31. The number of rotatable bonds is 5. The van der Waals surface area contributed by atoms with Crippen LogP contribution in [0.4, 0.5) is 4.79 Å². The van der Waals surface area contributed by atoms with Crippen LogP contribution in [0.25, 0.3) is 0 Å². The second-order valence-corrected chi connectivity index (χ2v) is 6.09. The molecule has 21 heavy (non-hydrogen) atoms. The van der Waals surface area contributed by atoms with E-state index in [1.807, 2.05) is 17.5 Å². The average molecular weight is 311 g/mol. The predicted octanol–water partition coefficient (Wildman–Crippen LogP) is 1.49. The number of carbonyl (C=O) groups is 2. The van der Waals surface area contributed by atoms with Gasteiger partial charge in [0, 0.05) is 24.0 Å². The van der Waals surface area contributed by atoms with Gasteiger partial charge in [0.2, 0.25) is 0 Å². The minimum atomic E-state index is -0.363. The van der Waals surface area contributed by atoms with E-state index in [9.17, 15) is 9.59 Å². The highest BCUT2D eigenvalue weighted by Gasteiger charge is 2.25. The maximum absolute atomic E-state index is 11.6. The van der Waals surface area contributed by atoms with Gasteiger partial charge in [-0.15, -0.1) is 11.3 Å². The number of hydrogen-bond donors (Lipinski definition) is 2. The molecule has 1 saturated heterocycles. The van der Waals surface area contributed by atoms with Crippen molar-refractivity contribution in [3.05, 3.63) is 22.4 Å². The first-order chi connectivity index (χ1) is 10.1.